The van der Waals surface area contributed by atoms with Crippen molar-refractivity contribution in [2.24, 2.45) is 10.8 Å². The molecule has 0 radical (unpaired) electrons. The first-order chi connectivity index (χ1) is 29.0. The predicted octanol–water partition coefficient (Wildman–Crippen LogP) is 3.44. The van der Waals surface area contributed by atoms with Gasteiger partial charge in [-0.15, -0.1) is 0 Å². The zero-order valence-electron chi connectivity index (χ0n) is 38.4. The minimum absolute atomic E-state index is 0.924. The number of ether oxygens (including phenoxy) is 7. The first kappa shape index (κ1) is 64.4. The van der Waals surface area contributed by atoms with Gasteiger partial charge >= 0.3 is 35.8 Å². The summed E-state index contributed by atoms with van der Waals surface area (Å²) in [6.07, 6.45) is -13.2. The van der Waals surface area contributed by atoms with Crippen molar-refractivity contribution in [1.82, 2.24) is 0 Å². The molecule has 6 N–H and O–H groups in total. The van der Waals surface area contributed by atoms with Crippen LogP contribution in [0.2, 0.25) is 0 Å². The molecular weight excluding hydrogens is 1260 g/mol. The number of carbonyl (C=O) groups is 6. The number of halogens is 6. The predicted molar refractivity (Wildman–Crippen MR) is 256 cm³/mol. The van der Waals surface area contributed by atoms with Gasteiger partial charge in [-0.25, -0.2) is 0 Å². The van der Waals surface area contributed by atoms with Crippen LogP contribution in [0.15, 0.2) is 0 Å². The van der Waals surface area contributed by atoms with E-state index in [1.165, 1.54) is 83.1 Å². The van der Waals surface area contributed by atoms with E-state index in [4.69, 9.17) is 33.2 Å². The Balaban J connectivity index is 8.02. The molecule has 0 aromatic rings. The van der Waals surface area contributed by atoms with Gasteiger partial charge in [-0.2, -0.15) is 0 Å². The molecular formula is C40H64Br6O19. The summed E-state index contributed by atoms with van der Waals surface area (Å²) in [7, 11) is 0. The van der Waals surface area contributed by atoms with E-state index in [-0.39, 0.29) is 0 Å². The molecule has 65 heavy (non-hydrogen) atoms. The van der Waals surface area contributed by atoms with Crippen LogP contribution in [0, 0.1) is 10.8 Å². The van der Waals surface area contributed by atoms with E-state index in [0.717, 1.165) is 0 Å². The van der Waals surface area contributed by atoms with E-state index in [1.54, 1.807) is 0 Å². The van der Waals surface area contributed by atoms with Crippen LogP contribution in [-0.4, -0.2) is 182 Å². The third-order valence-electron chi connectivity index (χ3n) is 9.57. The average molecular weight is 1330 g/mol. The Morgan fingerprint density at radius 1 is 0.323 bits per heavy atom. The number of esters is 6. The lowest BCUT2D eigenvalue weighted by atomic mass is 9.71. The number of carbonyl (C=O) groups excluding carboxylic acids is 6. The second kappa shape index (κ2) is 25.5. The van der Waals surface area contributed by atoms with E-state index in [2.05, 4.69) is 95.6 Å². The number of aliphatic hydroxyl groups is 6. The van der Waals surface area contributed by atoms with Gasteiger partial charge in [0.05, 0.1) is 24.0 Å². The second-order valence-electron chi connectivity index (χ2n) is 18.2. The fourth-order valence-electron chi connectivity index (χ4n) is 5.20. The van der Waals surface area contributed by atoms with Gasteiger partial charge in [0.25, 0.3) is 0 Å². The largest absolute Gasteiger partial charge is 0.462 e. The number of rotatable bonds is 28. The second-order valence-corrected chi connectivity index (χ2v) is 30.1. The number of hydrogen-bond acceptors (Lipinski definition) is 19. The van der Waals surface area contributed by atoms with Gasteiger partial charge in [0, 0.05) is 0 Å². The van der Waals surface area contributed by atoms with Crippen LogP contribution in [0.1, 0.15) is 83.1 Å². The van der Waals surface area contributed by atoms with Gasteiger partial charge in [0.15, 0.2) is 0 Å². The molecule has 0 amide bonds. The molecule has 0 aliphatic rings. The molecule has 0 saturated heterocycles. The summed E-state index contributed by atoms with van der Waals surface area (Å²) in [6.45, 7) is 8.88. The molecule has 0 rings (SSSR count). The number of hydrogen-bond donors (Lipinski definition) is 6. The molecule has 0 heterocycles. The maximum absolute atomic E-state index is 12.9. The molecule has 0 aliphatic carbocycles. The van der Waals surface area contributed by atoms with Crippen LogP contribution in [0.25, 0.3) is 0 Å². The maximum atomic E-state index is 12.9. The zero-order valence-corrected chi connectivity index (χ0v) is 47.9. The van der Waals surface area contributed by atoms with Crippen molar-refractivity contribution in [3.8, 4) is 0 Å². The summed E-state index contributed by atoms with van der Waals surface area (Å²) in [5.74, 6) is -5.54. The van der Waals surface area contributed by atoms with Crippen LogP contribution in [0.3, 0.4) is 0 Å². The molecule has 6 unspecified atom stereocenters. The number of alkyl halides is 6. The lowest BCUT2D eigenvalue weighted by molar-refractivity contribution is -0.235. The molecule has 0 aromatic heterocycles. The quantitative estimate of drug-likeness (QED) is 0.0372. The van der Waals surface area contributed by atoms with Crippen LogP contribution in [-0.2, 0) is 61.9 Å². The van der Waals surface area contributed by atoms with Crippen LogP contribution in [0.5, 0.6) is 0 Å². The van der Waals surface area contributed by atoms with Crippen molar-refractivity contribution >= 4 is 131 Å². The molecule has 19 nitrogen and oxygen atoms in total. The molecule has 380 valence electrons. The van der Waals surface area contributed by atoms with Gasteiger partial charge in [-0.1, -0.05) is 95.6 Å². The fourth-order valence-corrected chi connectivity index (χ4v) is 5.89. The highest BCUT2D eigenvalue weighted by atomic mass is 79.9. The smallest absolute Gasteiger partial charge is 0.322 e. The minimum Gasteiger partial charge on any atom is -0.462 e. The van der Waals surface area contributed by atoms with Crippen molar-refractivity contribution in [1.29, 1.82) is 0 Å². The molecule has 0 fully saturated rings. The Kier molecular flexibility index (Phi) is 25.3. The maximum Gasteiger partial charge on any atom is 0.322 e. The molecule has 0 aromatic carbocycles. The highest BCUT2D eigenvalue weighted by Gasteiger charge is 2.56. The Labute approximate surface area is 430 Å². The van der Waals surface area contributed by atoms with E-state index in [0.29, 0.717) is 0 Å². The third-order valence-corrected chi connectivity index (χ3v) is 11.5. The van der Waals surface area contributed by atoms with E-state index < -0.39 is 162 Å². The Morgan fingerprint density at radius 3 is 0.554 bits per heavy atom. The molecule has 0 spiro atoms. The third kappa shape index (κ3) is 20.0. The summed E-state index contributed by atoms with van der Waals surface area (Å²) in [5.41, 5.74) is -5.25. The van der Waals surface area contributed by atoms with Crippen LogP contribution in [0.4, 0.5) is 0 Å². The monoisotopic (exact) mass is 1320 g/mol. The zero-order chi connectivity index (χ0) is 51.5. The first-order valence-corrected chi connectivity index (χ1v) is 24.6. The Morgan fingerprint density at radius 2 is 0.446 bits per heavy atom. The molecule has 0 bridgehead atoms. The molecule has 6 atom stereocenters. The number of aliphatic hydroxyl groups excluding tert-OH is 6. The summed E-state index contributed by atoms with van der Waals surface area (Å²) >= 11 is 18.9. The van der Waals surface area contributed by atoms with Gasteiger partial charge in [-0.05, 0) is 83.1 Å². The minimum atomic E-state index is -2.62. The van der Waals surface area contributed by atoms with Crippen LogP contribution >= 0.6 is 95.6 Å². The topological polar surface area (TPSA) is 288 Å². The average Bonchev–Trinajstić information content (AvgIpc) is 3.15. The van der Waals surface area contributed by atoms with E-state index in [9.17, 15) is 59.4 Å². The van der Waals surface area contributed by atoms with Crippen molar-refractivity contribution in [2.45, 2.75) is 146 Å². The van der Waals surface area contributed by atoms with Crippen molar-refractivity contribution in [3.05, 3.63) is 0 Å². The SMILES string of the molecule is CC(C)(Br)C(=O)OCC(O)C(COCC(C(O)COC(=O)C(C)(C)Br)(C(O)COC(=O)C(C)(C)Br)C(O)COC(=O)C(C)(C)Br)(C(O)COC(=O)C(C)(C)Br)C(O)COC(=O)C(C)(C)Br. The molecule has 25 heteroatoms. The molecule has 0 aliphatic heterocycles. The lowest BCUT2D eigenvalue weighted by Crippen LogP contribution is -2.63. The highest BCUT2D eigenvalue weighted by molar-refractivity contribution is 9.11. The highest BCUT2D eigenvalue weighted by Crippen LogP contribution is 2.39. The van der Waals surface area contributed by atoms with Crippen molar-refractivity contribution in [2.75, 3.05) is 52.9 Å². The summed E-state index contributed by atoms with van der Waals surface area (Å²) in [6, 6.07) is 0. The first-order valence-electron chi connectivity index (χ1n) is 19.8. The fraction of sp³-hybridized carbons (Fsp3) is 0.850. The van der Waals surface area contributed by atoms with Crippen molar-refractivity contribution < 1.29 is 92.6 Å². The van der Waals surface area contributed by atoms with E-state index in [1.807, 2.05) is 0 Å². The molecule has 0 saturated carbocycles. The standard InChI is InChI=1S/C40H64Br6O19/c1-33(2,41)27(53)60-13-21(47)39(22(48)14-61-28(54)34(3,4)42,23(49)15-62-29(55)35(5,6)43)19-59-20-40(24(50)16-63-30(56)36(7,8)44,25(51)17-64-31(57)37(9,10)45)26(52)18-65-32(58)38(11,12)46/h21-26,47-52H,13-20H2,1-12H3. The van der Waals surface area contributed by atoms with E-state index >= 15 is 0 Å². The van der Waals surface area contributed by atoms with Gasteiger partial charge < -0.3 is 63.8 Å². The van der Waals surface area contributed by atoms with Crippen LogP contribution < -0.4 is 0 Å². The summed E-state index contributed by atoms with van der Waals surface area (Å²) < 4.78 is 30.1. The Bertz CT molecular complexity index is 1310. The normalized spacial score (nSPS) is 17.7. The van der Waals surface area contributed by atoms with Crippen molar-refractivity contribution in [3.63, 3.8) is 0 Å². The van der Waals surface area contributed by atoms with Gasteiger partial charge in [0.1, 0.15) is 102 Å². The van der Waals surface area contributed by atoms with Gasteiger partial charge in [0.2, 0.25) is 0 Å². The Hall–Kier alpha value is -0.580. The lowest BCUT2D eigenvalue weighted by Gasteiger charge is -2.47. The summed E-state index contributed by atoms with van der Waals surface area (Å²) in [5, 5.41) is 71.8. The van der Waals surface area contributed by atoms with Gasteiger partial charge in [-0.3, -0.25) is 28.8 Å². The summed E-state index contributed by atoms with van der Waals surface area (Å²) in [4.78, 5) is 77.3.